The standard InChI is InChI=1S/C14H13ClN2O3/c1-8-6-9(4-5-10(8)15)13(18)12-14(20-3)17-11(19-2)7-16-12/h4-7H,1-3H3. The van der Waals surface area contributed by atoms with Crippen LogP contribution in [0.3, 0.4) is 0 Å². The highest BCUT2D eigenvalue weighted by molar-refractivity contribution is 6.31. The fourth-order valence-corrected chi connectivity index (χ4v) is 1.79. The molecule has 0 saturated carbocycles. The number of aryl methyl sites for hydroxylation is 1. The van der Waals surface area contributed by atoms with Crippen LogP contribution < -0.4 is 9.47 Å². The first kappa shape index (κ1) is 14.3. The monoisotopic (exact) mass is 292 g/mol. The Morgan fingerprint density at radius 3 is 2.60 bits per heavy atom. The van der Waals surface area contributed by atoms with E-state index in [1.165, 1.54) is 20.4 Å². The molecule has 0 saturated heterocycles. The number of ketones is 1. The quantitative estimate of drug-likeness (QED) is 0.811. The van der Waals surface area contributed by atoms with E-state index >= 15 is 0 Å². The average Bonchev–Trinajstić information content (AvgIpc) is 2.48. The molecule has 0 atom stereocenters. The molecular weight excluding hydrogens is 280 g/mol. The van der Waals surface area contributed by atoms with Gasteiger partial charge in [0.05, 0.1) is 20.4 Å². The number of carbonyl (C=O) groups is 1. The van der Waals surface area contributed by atoms with E-state index in [9.17, 15) is 4.79 Å². The van der Waals surface area contributed by atoms with Gasteiger partial charge in [-0.25, -0.2) is 4.98 Å². The summed E-state index contributed by atoms with van der Waals surface area (Å²) in [7, 11) is 2.89. The van der Waals surface area contributed by atoms with Crippen LogP contribution >= 0.6 is 11.6 Å². The molecule has 20 heavy (non-hydrogen) atoms. The van der Waals surface area contributed by atoms with Crippen molar-refractivity contribution in [3.8, 4) is 11.8 Å². The second-order valence-electron chi connectivity index (χ2n) is 4.06. The van der Waals surface area contributed by atoms with Crippen LogP contribution in [0.25, 0.3) is 0 Å². The van der Waals surface area contributed by atoms with Gasteiger partial charge in [0.2, 0.25) is 17.5 Å². The van der Waals surface area contributed by atoms with Gasteiger partial charge in [-0.3, -0.25) is 4.79 Å². The van der Waals surface area contributed by atoms with E-state index in [1.807, 2.05) is 6.92 Å². The first-order valence-corrected chi connectivity index (χ1v) is 6.20. The number of halogens is 1. The first-order chi connectivity index (χ1) is 9.56. The Bertz CT molecular complexity index is 659. The Kier molecular flexibility index (Phi) is 4.20. The molecule has 6 heteroatoms. The second kappa shape index (κ2) is 5.88. The number of methoxy groups -OCH3 is 2. The molecule has 2 rings (SSSR count). The van der Waals surface area contributed by atoms with E-state index in [2.05, 4.69) is 9.97 Å². The van der Waals surface area contributed by atoms with Gasteiger partial charge in [0.1, 0.15) is 0 Å². The fourth-order valence-electron chi connectivity index (χ4n) is 1.68. The molecule has 0 unspecified atom stereocenters. The minimum atomic E-state index is -0.281. The summed E-state index contributed by atoms with van der Waals surface area (Å²) in [5.41, 5.74) is 1.43. The van der Waals surface area contributed by atoms with Crippen LogP contribution in [-0.4, -0.2) is 30.0 Å². The SMILES string of the molecule is COc1cnc(C(=O)c2ccc(Cl)c(C)c2)c(OC)n1. The Hall–Kier alpha value is -2.14. The van der Waals surface area contributed by atoms with Crippen molar-refractivity contribution < 1.29 is 14.3 Å². The largest absolute Gasteiger partial charge is 0.480 e. The lowest BCUT2D eigenvalue weighted by Crippen LogP contribution is -2.09. The van der Waals surface area contributed by atoms with E-state index in [0.29, 0.717) is 10.6 Å². The molecule has 2 aromatic rings. The molecule has 0 aliphatic heterocycles. The lowest BCUT2D eigenvalue weighted by molar-refractivity contribution is 0.103. The molecule has 1 aromatic carbocycles. The van der Waals surface area contributed by atoms with Crippen molar-refractivity contribution in [2.45, 2.75) is 6.92 Å². The topological polar surface area (TPSA) is 61.3 Å². The van der Waals surface area contributed by atoms with Gasteiger partial charge in [0, 0.05) is 10.6 Å². The van der Waals surface area contributed by atoms with Crippen LogP contribution in [-0.2, 0) is 0 Å². The number of hydrogen-bond donors (Lipinski definition) is 0. The Balaban J connectivity index is 2.44. The van der Waals surface area contributed by atoms with Crippen molar-refractivity contribution in [3.63, 3.8) is 0 Å². The smallest absolute Gasteiger partial charge is 0.247 e. The van der Waals surface area contributed by atoms with Gasteiger partial charge >= 0.3 is 0 Å². The van der Waals surface area contributed by atoms with Crippen LogP contribution in [0.5, 0.6) is 11.8 Å². The fraction of sp³-hybridized carbons (Fsp3) is 0.214. The van der Waals surface area contributed by atoms with Gasteiger partial charge in [0.15, 0.2) is 5.69 Å². The minimum absolute atomic E-state index is 0.127. The van der Waals surface area contributed by atoms with Crippen molar-refractivity contribution in [1.82, 2.24) is 9.97 Å². The summed E-state index contributed by atoms with van der Waals surface area (Å²) < 4.78 is 10.0. The van der Waals surface area contributed by atoms with Gasteiger partial charge < -0.3 is 9.47 Å². The minimum Gasteiger partial charge on any atom is -0.480 e. The number of ether oxygens (including phenoxy) is 2. The molecule has 1 heterocycles. The molecule has 0 N–H and O–H groups in total. The summed E-state index contributed by atoms with van der Waals surface area (Å²) in [6, 6.07) is 5.02. The zero-order valence-corrected chi connectivity index (χ0v) is 12.1. The molecule has 5 nitrogen and oxygen atoms in total. The van der Waals surface area contributed by atoms with Crippen molar-refractivity contribution in [2.75, 3.05) is 14.2 Å². The summed E-state index contributed by atoms with van der Waals surface area (Å²) in [6.45, 7) is 1.83. The van der Waals surface area contributed by atoms with Gasteiger partial charge in [-0.1, -0.05) is 11.6 Å². The first-order valence-electron chi connectivity index (χ1n) is 5.82. The summed E-state index contributed by atoms with van der Waals surface area (Å²) >= 11 is 5.95. The molecule has 1 aromatic heterocycles. The van der Waals surface area contributed by atoms with Gasteiger partial charge in [0.25, 0.3) is 0 Å². The van der Waals surface area contributed by atoms with Crippen LogP contribution in [0.4, 0.5) is 0 Å². The van der Waals surface area contributed by atoms with Crippen molar-refractivity contribution in [1.29, 1.82) is 0 Å². The highest BCUT2D eigenvalue weighted by Gasteiger charge is 2.19. The van der Waals surface area contributed by atoms with Gasteiger partial charge in [-0.15, -0.1) is 0 Å². The number of carbonyl (C=O) groups excluding carboxylic acids is 1. The molecule has 0 aliphatic rings. The predicted octanol–water partition coefficient (Wildman–Crippen LogP) is 2.69. The highest BCUT2D eigenvalue weighted by Crippen LogP contribution is 2.22. The number of hydrogen-bond acceptors (Lipinski definition) is 5. The summed E-state index contributed by atoms with van der Waals surface area (Å²) in [5, 5.41) is 0.606. The molecule has 0 bridgehead atoms. The molecule has 0 amide bonds. The van der Waals surface area contributed by atoms with Crippen LogP contribution in [0.1, 0.15) is 21.6 Å². The maximum absolute atomic E-state index is 12.4. The average molecular weight is 293 g/mol. The van der Waals surface area contributed by atoms with Crippen molar-refractivity contribution in [3.05, 3.63) is 46.2 Å². The maximum atomic E-state index is 12.4. The third-order valence-electron chi connectivity index (χ3n) is 2.76. The number of nitrogens with zero attached hydrogens (tertiary/aromatic N) is 2. The van der Waals surface area contributed by atoms with E-state index in [1.54, 1.807) is 18.2 Å². The molecular formula is C14H13ClN2O3. The zero-order valence-electron chi connectivity index (χ0n) is 11.3. The lowest BCUT2D eigenvalue weighted by Gasteiger charge is -2.08. The highest BCUT2D eigenvalue weighted by atomic mass is 35.5. The zero-order chi connectivity index (χ0) is 14.7. The Morgan fingerprint density at radius 1 is 1.25 bits per heavy atom. The lowest BCUT2D eigenvalue weighted by atomic mass is 10.1. The van der Waals surface area contributed by atoms with E-state index in [0.717, 1.165) is 5.56 Å². The Morgan fingerprint density at radius 2 is 2.00 bits per heavy atom. The number of aromatic nitrogens is 2. The summed E-state index contributed by atoms with van der Waals surface area (Å²) in [4.78, 5) is 20.5. The van der Waals surface area contributed by atoms with E-state index in [4.69, 9.17) is 21.1 Å². The number of benzene rings is 1. The van der Waals surface area contributed by atoms with Gasteiger partial charge in [-0.05, 0) is 30.7 Å². The molecule has 0 aliphatic carbocycles. The van der Waals surface area contributed by atoms with Crippen LogP contribution in [0.2, 0.25) is 5.02 Å². The van der Waals surface area contributed by atoms with Gasteiger partial charge in [-0.2, -0.15) is 4.98 Å². The third kappa shape index (κ3) is 2.72. The summed E-state index contributed by atoms with van der Waals surface area (Å²) in [6.07, 6.45) is 1.37. The van der Waals surface area contributed by atoms with E-state index in [-0.39, 0.29) is 23.2 Å². The van der Waals surface area contributed by atoms with E-state index < -0.39 is 0 Å². The van der Waals surface area contributed by atoms with Crippen LogP contribution in [0, 0.1) is 6.92 Å². The van der Waals surface area contributed by atoms with Crippen molar-refractivity contribution in [2.24, 2.45) is 0 Å². The van der Waals surface area contributed by atoms with Crippen LogP contribution in [0.15, 0.2) is 24.4 Å². The summed E-state index contributed by atoms with van der Waals surface area (Å²) in [5.74, 6) is 0.129. The maximum Gasteiger partial charge on any atom is 0.247 e. The third-order valence-corrected chi connectivity index (χ3v) is 3.18. The Labute approximate surface area is 121 Å². The molecule has 0 spiro atoms. The molecule has 104 valence electrons. The predicted molar refractivity (Wildman–Crippen MR) is 74.8 cm³/mol. The molecule has 0 fully saturated rings. The second-order valence-corrected chi connectivity index (χ2v) is 4.47. The van der Waals surface area contributed by atoms with Crippen molar-refractivity contribution >= 4 is 17.4 Å². The molecule has 0 radical (unpaired) electrons. The number of rotatable bonds is 4. The normalized spacial score (nSPS) is 10.2.